The van der Waals surface area contributed by atoms with Gasteiger partial charge >= 0.3 is 0 Å². The van der Waals surface area contributed by atoms with Crippen molar-refractivity contribution >= 4 is 51.0 Å². The third-order valence-electron chi connectivity index (χ3n) is 3.71. The first-order chi connectivity index (χ1) is 10.6. The molecular weight excluding hydrogens is 320 g/mol. The summed E-state index contributed by atoms with van der Waals surface area (Å²) < 4.78 is 0. The number of anilines is 1. The molecule has 0 radical (unpaired) electrons. The van der Waals surface area contributed by atoms with Gasteiger partial charge in [-0.2, -0.15) is 0 Å². The van der Waals surface area contributed by atoms with Gasteiger partial charge in [0.05, 0.1) is 22.4 Å². The fourth-order valence-electron chi connectivity index (χ4n) is 2.65. The van der Waals surface area contributed by atoms with Crippen LogP contribution in [0.2, 0.25) is 5.02 Å². The summed E-state index contributed by atoms with van der Waals surface area (Å²) in [6.07, 6.45) is 2.10. The van der Waals surface area contributed by atoms with Crippen LogP contribution >= 0.6 is 23.4 Å². The number of halogens is 1. The van der Waals surface area contributed by atoms with E-state index in [1.54, 1.807) is 18.0 Å². The summed E-state index contributed by atoms with van der Waals surface area (Å²) in [6, 6.07) is 7.60. The topological polar surface area (TPSA) is 50.3 Å². The number of hydrogen-bond donors (Lipinski definition) is 0. The second-order valence-electron chi connectivity index (χ2n) is 5.35. The van der Waals surface area contributed by atoms with Crippen LogP contribution in [-0.4, -0.2) is 28.3 Å². The molecule has 1 aliphatic heterocycles. The van der Waals surface area contributed by atoms with E-state index in [1.165, 1.54) is 11.8 Å². The Bertz CT molecular complexity index is 750. The van der Waals surface area contributed by atoms with E-state index in [2.05, 4.69) is 4.98 Å². The van der Waals surface area contributed by atoms with E-state index in [0.29, 0.717) is 29.4 Å². The Balaban J connectivity index is 1.86. The Hall–Kier alpha value is -1.59. The van der Waals surface area contributed by atoms with Gasteiger partial charge in [0.25, 0.3) is 0 Å². The summed E-state index contributed by atoms with van der Waals surface area (Å²) >= 11 is 7.74. The molecule has 114 valence electrons. The van der Waals surface area contributed by atoms with Crippen molar-refractivity contribution in [3.05, 3.63) is 35.5 Å². The molecule has 0 aliphatic carbocycles. The summed E-state index contributed by atoms with van der Waals surface area (Å²) in [5, 5.41) is 1.48. The number of carbonyl (C=O) groups is 2. The number of aromatic nitrogens is 1. The van der Waals surface area contributed by atoms with Crippen LogP contribution in [0.5, 0.6) is 0 Å². The number of carbonyl (C=O) groups excluding carboxylic acids is 2. The number of hydrogen-bond acceptors (Lipinski definition) is 4. The Morgan fingerprint density at radius 1 is 1.45 bits per heavy atom. The number of rotatable bonds is 3. The fraction of sp³-hybridized carbons (Fsp3) is 0.312. The molecular formula is C16H15ClN2O2S. The molecule has 6 heteroatoms. The molecule has 1 unspecified atom stereocenters. The van der Waals surface area contributed by atoms with Crippen molar-refractivity contribution in [2.75, 3.05) is 17.2 Å². The van der Waals surface area contributed by atoms with E-state index in [4.69, 9.17) is 11.6 Å². The van der Waals surface area contributed by atoms with Gasteiger partial charge < -0.3 is 4.90 Å². The molecule has 3 rings (SSSR count). The van der Waals surface area contributed by atoms with Crippen molar-refractivity contribution in [2.24, 2.45) is 5.92 Å². The van der Waals surface area contributed by atoms with Crippen molar-refractivity contribution in [2.45, 2.75) is 13.3 Å². The van der Waals surface area contributed by atoms with Gasteiger partial charge in [0, 0.05) is 31.0 Å². The predicted molar refractivity (Wildman–Crippen MR) is 90.4 cm³/mol. The third-order valence-corrected chi connectivity index (χ3v) is 5.15. The first kappa shape index (κ1) is 15.3. The largest absolute Gasteiger partial charge is 0.309 e. The zero-order valence-corrected chi connectivity index (χ0v) is 13.7. The van der Waals surface area contributed by atoms with Crippen molar-refractivity contribution in [1.29, 1.82) is 0 Å². The highest BCUT2D eigenvalue weighted by molar-refractivity contribution is 8.13. The smallest absolute Gasteiger partial charge is 0.227 e. The zero-order valence-electron chi connectivity index (χ0n) is 12.1. The first-order valence-electron chi connectivity index (χ1n) is 7.03. The second kappa shape index (κ2) is 6.26. The lowest BCUT2D eigenvalue weighted by Crippen LogP contribution is -2.25. The van der Waals surface area contributed by atoms with Crippen LogP contribution in [0.15, 0.2) is 30.5 Å². The minimum Gasteiger partial charge on any atom is -0.309 e. The minimum absolute atomic E-state index is 0.0353. The standard InChI is InChI=1S/C16H15ClN2O2S/c1-10(20)22-9-11-6-15(21)19(8-11)14-7-18-13-5-3-2-4-12(13)16(14)17/h2-5,7,11H,6,8-9H2,1H3. The molecule has 22 heavy (non-hydrogen) atoms. The lowest BCUT2D eigenvalue weighted by Gasteiger charge is -2.18. The van der Waals surface area contributed by atoms with Crippen molar-refractivity contribution < 1.29 is 9.59 Å². The maximum Gasteiger partial charge on any atom is 0.227 e. The third kappa shape index (κ3) is 2.96. The van der Waals surface area contributed by atoms with E-state index in [9.17, 15) is 9.59 Å². The maximum atomic E-state index is 12.3. The zero-order chi connectivity index (χ0) is 15.7. The average Bonchev–Trinajstić information content (AvgIpc) is 2.87. The highest BCUT2D eigenvalue weighted by Gasteiger charge is 2.32. The summed E-state index contributed by atoms with van der Waals surface area (Å²) in [5.41, 5.74) is 1.47. The van der Waals surface area contributed by atoms with Gasteiger partial charge in [-0.25, -0.2) is 0 Å². The quantitative estimate of drug-likeness (QED) is 0.861. The summed E-state index contributed by atoms with van der Waals surface area (Å²) in [7, 11) is 0. The van der Waals surface area contributed by atoms with Crippen LogP contribution in [0, 0.1) is 5.92 Å². The molecule has 2 heterocycles. The van der Waals surface area contributed by atoms with E-state index in [-0.39, 0.29) is 16.9 Å². The lowest BCUT2D eigenvalue weighted by molar-refractivity contribution is -0.117. The molecule has 4 nitrogen and oxygen atoms in total. The molecule has 1 atom stereocenters. The number of fused-ring (bicyclic) bond motifs is 1. The average molecular weight is 335 g/mol. The summed E-state index contributed by atoms with van der Waals surface area (Å²) in [5.74, 6) is 0.869. The van der Waals surface area contributed by atoms with Gasteiger partial charge in [0.15, 0.2) is 5.12 Å². The molecule has 1 aliphatic rings. The Labute approximate surface area is 137 Å². The minimum atomic E-state index is 0.0353. The van der Waals surface area contributed by atoms with Gasteiger partial charge in [0.1, 0.15) is 0 Å². The normalized spacial score (nSPS) is 18.2. The Morgan fingerprint density at radius 3 is 3.00 bits per heavy atom. The fourth-order valence-corrected chi connectivity index (χ4v) is 3.65. The maximum absolute atomic E-state index is 12.3. The monoisotopic (exact) mass is 334 g/mol. The summed E-state index contributed by atoms with van der Waals surface area (Å²) in [4.78, 5) is 29.4. The van der Waals surface area contributed by atoms with E-state index in [0.717, 1.165) is 10.9 Å². The molecule has 0 bridgehead atoms. The SMILES string of the molecule is CC(=O)SCC1CC(=O)N(c2cnc3ccccc3c2Cl)C1. The van der Waals surface area contributed by atoms with Crippen LogP contribution in [0.1, 0.15) is 13.3 Å². The van der Waals surface area contributed by atoms with Crippen molar-refractivity contribution in [3.8, 4) is 0 Å². The van der Waals surface area contributed by atoms with Gasteiger partial charge in [0.2, 0.25) is 5.91 Å². The van der Waals surface area contributed by atoms with Crippen LogP contribution in [0.4, 0.5) is 5.69 Å². The van der Waals surface area contributed by atoms with Gasteiger partial charge in [-0.05, 0) is 12.0 Å². The Kier molecular flexibility index (Phi) is 4.36. The van der Waals surface area contributed by atoms with E-state index >= 15 is 0 Å². The lowest BCUT2D eigenvalue weighted by atomic mass is 10.1. The summed E-state index contributed by atoms with van der Waals surface area (Å²) in [6.45, 7) is 2.13. The molecule has 2 aromatic rings. The number of nitrogens with zero attached hydrogens (tertiary/aromatic N) is 2. The molecule has 1 amide bonds. The second-order valence-corrected chi connectivity index (χ2v) is 6.93. The molecule has 0 saturated carbocycles. The molecule has 0 N–H and O–H groups in total. The molecule has 1 aromatic carbocycles. The number of para-hydroxylation sites is 1. The molecule has 0 spiro atoms. The van der Waals surface area contributed by atoms with E-state index < -0.39 is 0 Å². The first-order valence-corrected chi connectivity index (χ1v) is 8.39. The highest BCUT2D eigenvalue weighted by atomic mass is 35.5. The van der Waals surface area contributed by atoms with Crippen molar-refractivity contribution in [3.63, 3.8) is 0 Å². The predicted octanol–water partition coefficient (Wildman–Crippen LogP) is 3.52. The Morgan fingerprint density at radius 2 is 2.23 bits per heavy atom. The molecule has 1 aromatic heterocycles. The van der Waals surface area contributed by atoms with Crippen LogP contribution in [0.3, 0.4) is 0 Å². The van der Waals surface area contributed by atoms with Gasteiger partial charge in [-0.1, -0.05) is 41.6 Å². The van der Waals surface area contributed by atoms with Gasteiger partial charge in [-0.15, -0.1) is 0 Å². The highest BCUT2D eigenvalue weighted by Crippen LogP contribution is 2.35. The molecule has 1 saturated heterocycles. The number of pyridine rings is 1. The van der Waals surface area contributed by atoms with Crippen molar-refractivity contribution in [1.82, 2.24) is 4.98 Å². The van der Waals surface area contributed by atoms with Crippen LogP contribution < -0.4 is 4.90 Å². The number of amides is 1. The molecule has 1 fully saturated rings. The van der Waals surface area contributed by atoms with Gasteiger partial charge in [-0.3, -0.25) is 14.6 Å². The van der Waals surface area contributed by atoms with Crippen LogP contribution in [0.25, 0.3) is 10.9 Å². The van der Waals surface area contributed by atoms with E-state index in [1.807, 2.05) is 24.3 Å². The number of benzene rings is 1. The van der Waals surface area contributed by atoms with Crippen LogP contribution in [-0.2, 0) is 9.59 Å². The number of thioether (sulfide) groups is 1.